The number of aromatic nitrogens is 2. The molecule has 2 N–H and O–H groups in total. The van der Waals surface area contributed by atoms with E-state index in [4.69, 9.17) is 4.74 Å². The van der Waals surface area contributed by atoms with E-state index in [0.717, 1.165) is 41.8 Å². The summed E-state index contributed by atoms with van der Waals surface area (Å²) in [5.74, 6) is 1.22. The molecule has 0 spiro atoms. The Kier molecular flexibility index (Phi) is 6.12. The smallest absolute Gasteiger partial charge is 0.272 e. The Bertz CT molecular complexity index is 1020. The quantitative estimate of drug-likeness (QED) is 0.553. The van der Waals surface area contributed by atoms with Crippen molar-refractivity contribution in [2.24, 2.45) is 11.3 Å². The number of nitrogens with one attached hydrogen (secondary N) is 2. The molecule has 5 heteroatoms. The standard InChI is InChI=1S/C26H31N3O2/c1-26(2,3)20-11-14-23-22(17-20)24(29-28-23)25(30)27-15-16-31-21-12-9-19(10-13-21)18-7-5-4-6-8-18/h4-10,12-13,20H,11,14-17H2,1-3H3,(H,27,30)(H,28,29). The minimum Gasteiger partial charge on any atom is -0.492 e. The van der Waals surface area contributed by atoms with Gasteiger partial charge in [0.25, 0.3) is 5.91 Å². The van der Waals surface area contributed by atoms with Gasteiger partial charge in [-0.3, -0.25) is 9.89 Å². The van der Waals surface area contributed by atoms with Crippen molar-refractivity contribution in [1.29, 1.82) is 0 Å². The Balaban J connectivity index is 1.28. The molecule has 1 aromatic heterocycles. The molecule has 1 unspecified atom stereocenters. The fourth-order valence-electron chi connectivity index (χ4n) is 4.21. The highest BCUT2D eigenvalue weighted by molar-refractivity contribution is 5.94. The summed E-state index contributed by atoms with van der Waals surface area (Å²) in [7, 11) is 0. The maximum absolute atomic E-state index is 12.7. The second-order valence-corrected chi connectivity index (χ2v) is 9.33. The van der Waals surface area contributed by atoms with E-state index in [-0.39, 0.29) is 11.3 Å². The number of nitrogens with zero attached hydrogens (tertiary/aromatic N) is 1. The molecule has 1 amide bonds. The minimum atomic E-state index is -0.130. The lowest BCUT2D eigenvalue weighted by molar-refractivity contribution is 0.0939. The largest absolute Gasteiger partial charge is 0.492 e. The monoisotopic (exact) mass is 417 g/mol. The van der Waals surface area contributed by atoms with E-state index >= 15 is 0 Å². The van der Waals surface area contributed by atoms with Gasteiger partial charge in [-0.2, -0.15) is 5.10 Å². The highest BCUT2D eigenvalue weighted by atomic mass is 16.5. The molecule has 31 heavy (non-hydrogen) atoms. The van der Waals surface area contributed by atoms with E-state index in [1.54, 1.807) is 0 Å². The van der Waals surface area contributed by atoms with E-state index in [2.05, 4.69) is 48.4 Å². The molecule has 0 radical (unpaired) electrons. The maximum Gasteiger partial charge on any atom is 0.272 e. The summed E-state index contributed by atoms with van der Waals surface area (Å²) >= 11 is 0. The first kappa shape index (κ1) is 21.2. The van der Waals surface area contributed by atoms with Crippen LogP contribution in [0.4, 0.5) is 0 Å². The topological polar surface area (TPSA) is 67.0 Å². The number of amides is 1. The predicted molar refractivity (Wildman–Crippen MR) is 123 cm³/mol. The average Bonchev–Trinajstić information content (AvgIpc) is 3.20. The third-order valence-corrected chi connectivity index (χ3v) is 6.20. The first-order valence-corrected chi connectivity index (χ1v) is 11.0. The Hall–Kier alpha value is -3.08. The molecule has 0 aliphatic heterocycles. The van der Waals surface area contributed by atoms with Gasteiger partial charge in [0.1, 0.15) is 12.4 Å². The normalized spacial score (nSPS) is 15.9. The fourth-order valence-corrected chi connectivity index (χ4v) is 4.21. The van der Waals surface area contributed by atoms with Crippen LogP contribution in [0.1, 0.15) is 48.9 Å². The SMILES string of the molecule is CC(C)(C)C1CCc2[nH]nc(C(=O)NCCOc3ccc(-c4ccccc4)cc3)c2C1. The molecule has 162 valence electrons. The number of carbonyl (C=O) groups excluding carboxylic acids is 1. The van der Waals surface area contributed by atoms with Crippen LogP contribution in [0.25, 0.3) is 11.1 Å². The summed E-state index contributed by atoms with van der Waals surface area (Å²) in [5.41, 5.74) is 5.29. The third kappa shape index (κ3) is 4.98. The zero-order valence-electron chi connectivity index (χ0n) is 18.6. The van der Waals surface area contributed by atoms with E-state index in [9.17, 15) is 4.79 Å². The van der Waals surface area contributed by atoms with Gasteiger partial charge in [-0.25, -0.2) is 0 Å². The second-order valence-electron chi connectivity index (χ2n) is 9.33. The summed E-state index contributed by atoms with van der Waals surface area (Å²) in [6.07, 6.45) is 3.00. The molecule has 1 aliphatic carbocycles. The summed E-state index contributed by atoms with van der Waals surface area (Å²) in [5, 5.41) is 10.3. The number of carbonyl (C=O) groups is 1. The molecular formula is C26H31N3O2. The summed E-state index contributed by atoms with van der Waals surface area (Å²) < 4.78 is 5.80. The zero-order valence-corrected chi connectivity index (χ0v) is 18.6. The summed E-state index contributed by atoms with van der Waals surface area (Å²) in [4.78, 5) is 12.7. The van der Waals surface area contributed by atoms with Crippen molar-refractivity contribution in [2.45, 2.75) is 40.0 Å². The highest BCUT2D eigenvalue weighted by Gasteiger charge is 2.32. The number of ether oxygens (including phenoxy) is 1. The molecule has 0 saturated heterocycles. The van der Waals surface area contributed by atoms with Crippen molar-refractivity contribution in [3.05, 3.63) is 71.5 Å². The molecule has 0 fully saturated rings. The molecule has 5 nitrogen and oxygen atoms in total. The van der Waals surface area contributed by atoms with Crippen LogP contribution in [-0.2, 0) is 12.8 Å². The Morgan fingerprint density at radius 1 is 1.10 bits per heavy atom. The first-order chi connectivity index (χ1) is 14.9. The second kappa shape index (κ2) is 8.96. The number of H-pyrrole nitrogens is 1. The van der Waals surface area contributed by atoms with E-state index < -0.39 is 0 Å². The van der Waals surface area contributed by atoms with Gasteiger partial charge >= 0.3 is 0 Å². The number of hydrogen-bond donors (Lipinski definition) is 2. The van der Waals surface area contributed by atoms with Gasteiger partial charge in [-0.05, 0) is 53.9 Å². The van der Waals surface area contributed by atoms with Crippen LogP contribution >= 0.6 is 0 Å². The summed E-state index contributed by atoms with van der Waals surface area (Å²) in [6, 6.07) is 18.3. The van der Waals surface area contributed by atoms with Crippen molar-refractivity contribution in [3.8, 4) is 16.9 Å². The lowest BCUT2D eigenvalue weighted by Crippen LogP contribution is -2.31. The van der Waals surface area contributed by atoms with Gasteiger partial charge in [0.15, 0.2) is 5.69 Å². The molecule has 2 aromatic carbocycles. The molecule has 0 saturated carbocycles. The van der Waals surface area contributed by atoms with E-state index in [1.807, 2.05) is 42.5 Å². The Labute approximate surface area is 184 Å². The molecule has 0 bridgehead atoms. The average molecular weight is 418 g/mol. The lowest BCUT2D eigenvalue weighted by atomic mass is 9.71. The number of aryl methyl sites for hydroxylation is 1. The van der Waals surface area contributed by atoms with Crippen LogP contribution in [0.3, 0.4) is 0 Å². The number of rotatable bonds is 6. The van der Waals surface area contributed by atoms with Crippen molar-refractivity contribution < 1.29 is 9.53 Å². The van der Waals surface area contributed by atoms with Crippen LogP contribution in [0.2, 0.25) is 0 Å². The van der Waals surface area contributed by atoms with Gasteiger partial charge in [0, 0.05) is 11.3 Å². The maximum atomic E-state index is 12.7. The lowest BCUT2D eigenvalue weighted by Gasteiger charge is -2.33. The number of hydrogen-bond acceptors (Lipinski definition) is 3. The predicted octanol–water partition coefficient (Wildman–Crippen LogP) is 5.04. The number of aromatic amines is 1. The van der Waals surface area contributed by atoms with Crippen LogP contribution in [0, 0.1) is 11.3 Å². The molecular weight excluding hydrogens is 386 g/mol. The highest BCUT2D eigenvalue weighted by Crippen LogP contribution is 2.37. The van der Waals surface area contributed by atoms with Crippen LogP contribution in [0.5, 0.6) is 5.75 Å². The van der Waals surface area contributed by atoms with Gasteiger partial charge in [-0.15, -0.1) is 0 Å². The Morgan fingerprint density at radius 2 is 1.81 bits per heavy atom. The van der Waals surface area contributed by atoms with Crippen LogP contribution in [0.15, 0.2) is 54.6 Å². The number of benzene rings is 2. The third-order valence-electron chi connectivity index (χ3n) is 6.20. The zero-order chi connectivity index (χ0) is 21.8. The van der Waals surface area contributed by atoms with Gasteiger partial charge in [-0.1, -0.05) is 63.2 Å². The summed E-state index contributed by atoms with van der Waals surface area (Å²) in [6.45, 7) is 7.65. The molecule has 1 atom stereocenters. The van der Waals surface area contributed by atoms with E-state index in [0.29, 0.717) is 24.8 Å². The van der Waals surface area contributed by atoms with Gasteiger partial charge < -0.3 is 10.1 Å². The first-order valence-electron chi connectivity index (χ1n) is 11.0. The molecule has 4 rings (SSSR count). The van der Waals surface area contributed by atoms with Gasteiger partial charge in [0.05, 0.1) is 6.54 Å². The van der Waals surface area contributed by atoms with Crippen molar-refractivity contribution >= 4 is 5.91 Å². The van der Waals surface area contributed by atoms with Gasteiger partial charge in [0.2, 0.25) is 0 Å². The molecule has 3 aromatic rings. The van der Waals surface area contributed by atoms with Crippen molar-refractivity contribution in [2.75, 3.05) is 13.2 Å². The van der Waals surface area contributed by atoms with Crippen LogP contribution in [-0.4, -0.2) is 29.3 Å². The van der Waals surface area contributed by atoms with E-state index in [1.165, 1.54) is 5.56 Å². The minimum absolute atomic E-state index is 0.130. The molecule has 1 heterocycles. The van der Waals surface area contributed by atoms with Crippen LogP contribution < -0.4 is 10.1 Å². The Morgan fingerprint density at radius 3 is 2.52 bits per heavy atom. The van der Waals surface area contributed by atoms with Crippen molar-refractivity contribution in [3.63, 3.8) is 0 Å². The number of fused-ring (bicyclic) bond motifs is 1. The fraction of sp³-hybridized carbons (Fsp3) is 0.385. The van der Waals surface area contributed by atoms with Crippen molar-refractivity contribution in [1.82, 2.24) is 15.5 Å². The molecule has 1 aliphatic rings.